The molecule has 1 N–H and O–H groups in total. The van der Waals surface area contributed by atoms with Gasteiger partial charge in [0.1, 0.15) is 0 Å². The standard InChI is InChI=1S/C20H17ClN2O/c1-13-3-4-16(11-14(13)2)20(24)10-9-18-12-19(23-22-18)15-5-7-17(21)8-6-15/h3-12H,1-2H3,(H,22,23)/b10-9+. The van der Waals surface area contributed by atoms with Crippen molar-refractivity contribution in [3.05, 3.63) is 82.0 Å². The van der Waals surface area contributed by atoms with Gasteiger partial charge >= 0.3 is 0 Å². The lowest BCUT2D eigenvalue weighted by atomic mass is 10.0. The Bertz CT molecular complexity index is 908. The number of halogens is 1. The summed E-state index contributed by atoms with van der Waals surface area (Å²) >= 11 is 5.89. The molecule has 24 heavy (non-hydrogen) atoms. The molecule has 0 spiro atoms. The van der Waals surface area contributed by atoms with E-state index in [-0.39, 0.29) is 5.78 Å². The molecule has 2 aromatic carbocycles. The van der Waals surface area contributed by atoms with E-state index in [0.29, 0.717) is 10.6 Å². The maximum absolute atomic E-state index is 12.3. The van der Waals surface area contributed by atoms with Crippen LogP contribution in [0.3, 0.4) is 0 Å². The van der Waals surface area contributed by atoms with Crippen LogP contribution in [0.2, 0.25) is 5.02 Å². The highest BCUT2D eigenvalue weighted by Gasteiger charge is 2.05. The lowest BCUT2D eigenvalue weighted by Gasteiger charge is -2.01. The van der Waals surface area contributed by atoms with Crippen molar-refractivity contribution < 1.29 is 4.79 Å². The largest absolute Gasteiger partial charge is 0.289 e. The first kappa shape index (κ1) is 16.2. The van der Waals surface area contributed by atoms with Crippen LogP contribution in [-0.2, 0) is 0 Å². The minimum atomic E-state index is -0.0271. The Morgan fingerprint density at radius 2 is 1.79 bits per heavy atom. The van der Waals surface area contributed by atoms with Crippen molar-refractivity contribution >= 4 is 23.5 Å². The molecular weight excluding hydrogens is 320 g/mol. The van der Waals surface area contributed by atoms with Crippen LogP contribution in [0.25, 0.3) is 17.3 Å². The van der Waals surface area contributed by atoms with E-state index in [2.05, 4.69) is 10.2 Å². The molecule has 0 fully saturated rings. The van der Waals surface area contributed by atoms with E-state index in [4.69, 9.17) is 11.6 Å². The maximum Gasteiger partial charge on any atom is 0.185 e. The summed E-state index contributed by atoms with van der Waals surface area (Å²) in [4.78, 5) is 12.3. The number of benzene rings is 2. The smallest absolute Gasteiger partial charge is 0.185 e. The van der Waals surface area contributed by atoms with Crippen LogP contribution in [0.5, 0.6) is 0 Å². The number of hydrogen-bond acceptors (Lipinski definition) is 2. The minimum Gasteiger partial charge on any atom is -0.289 e. The van der Waals surface area contributed by atoms with Gasteiger partial charge in [-0.25, -0.2) is 0 Å². The van der Waals surface area contributed by atoms with Gasteiger partial charge < -0.3 is 0 Å². The Morgan fingerprint density at radius 1 is 1.04 bits per heavy atom. The van der Waals surface area contributed by atoms with Crippen LogP contribution in [0.1, 0.15) is 27.2 Å². The summed E-state index contributed by atoms with van der Waals surface area (Å²) in [6.07, 6.45) is 3.30. The van der Waals surface area contributed by atoms with Crippen molar-refractivity contribution in [3.63, 3.8) is 0 Å². The molecular formula is C20H17ClN2O. The molecule has 0 amide bonds. The first-order valence-electron chi connectivity index (χ1n) is 7.64. The van der Waals surface area contributed by atoms with Gasteiger partial charge in [-0.3, -0.25) is 9.89 Å². The number of rotatable bonds is 4. The van der Waals surface area contributed by atoms with E-state index in [1.165, 1.54) is 5.56 Å². The van der Waals surface area contributed by atoms with E-state index in [1.54, 1.807) is 12.2 Å². The molecule has 0 bridgehead atoms. The number of nitrogens with zero attached hydrogens (tertiary/aromatic N) is 1. The van der Waals surface area contributed by atoms with Crippen LogP contribution < -0.4 is 0 Å². The number of carbonyl (C=O) groups excluding carboxylic acids is 1. The fourth-order valence-corrected chi connectivity index (χ4v) is 2.47. The molecule has 1 aromatic heterocycles. The molecule has 0 saturated carbocycles. The number of nitrogens with one attached hydrogen (secondary N) is 1. The Hall–Kier alpha value is -2.65. The van der Waals surface area contributed by atoms with Crippen molar-refractivity contribution in [2.75, 3.05) is 0 Å². The van der Waals surface area contributed by atoms with Gasteiger partial charge in [0.15, 0.2) is 5.78 Å². The molecule has 0 unspecified atom stereocenters. The monoisotopic (exact) mass is 336 g/mol. The Kier molecular flexibility index (Phi) is 4.63. The summed E-state index contributed by atoms with van der Waals surface area (Å²) in [5, 5.41) is 7.87. The molecule has 0 aliphatic carbocycles. The number of hydrogen-bond donors (Lipinski definition) is 1. The summed E-state index contributed by atoms with van der Waals surface area (Å²) in [5.41, 5.74) is 5.53. The van der Waals surface area contributed by atoms with Gasteiger partial charge in [-0.15, -0.1) is 0 Å². The summed E-state index contributed by atoms with van der Waals surface area (Å²) < 4.78 is 0. The third kappa shape index (κ3) is 3.63. The second kappa shape index (κ2) is 6.85. The highest BCUT2D eigenvalue weighted by molar-refractivity contribution is 6.30. The van der Waals surface area contributed by atoms with Gasteiger partial charge in [0, 0.05) is 16.1 Å². The lowest BCUT2D eigenvalue weighted by molar-refractivity contribution is 0.104. The average molecular weight is 337 g/mol. The number of allylic oxidation sites excluding steroid dienone is 1. The molecule has 3 nitrogen and oxygen atoms in total. The molecule has 4 heteroatoms. The quantitative estimate of drug-likeness (QED) is 0.523. The molecule has 0 aliphatic rings. The van der Waals surface area contributed by atoms with Crippen molar-refractivity contribution in [2.45, 2.75) is 13.8 Å². The van der Waals surface area contributed by atoms with Crippen LogP contribution in [0.4, 0.5) is 0 Å². The van der Waals surface area contributed by atoms with Crippen molar-refractivity contribution in [3.8, 4) is 11.3 Å². The molecule has 120 valence electrons. The van der Waals surface area contributed by atoms with Gasteiger partial charge in [0.25, 0.3) is 0 Å². The summed E-state index contributed by atoms with van der Waals surface area (Å²) in [6, 6.07) is 15.1. The topological polar surface area (TPSA) is 45.8 Å². The van der Waals surface area contributed by atoms with Gasteiger partial charge in [-0.2, -0.15) is 5.10 Å². The van der Waals surface area contributed by atoms with Crippen LogP contribution in [0, 0.1) is 13.8 Å². The Balaban J connectivity index is 1.76. The summed E-state index contributed by atoms with van der Waals surface area (Å²) in [5.74, 6) is -0.0271. The number of aryl methyl sites for hydroxylation is 2. The first-order valence-corrected chi connectivity index (χ1v) is 8.02. The van der Waals surface area contributed by atoms with E-state index in [9.17, 15) is 4.79 Å². The maximum atomic E-state index is 12.3. The number of ketones is 1. The van der Waals surface area contributed by atoms with E-state index in [1.807, 2.05) is 62.4 Å². The number of aromatic amines is 1. The van der Waals surface area contributed by atoms with Crippen LogP contribution in [0.15, 0.2) is 54.6 Å². The predicted molar refractivity (Wildman–Crippen MR) is 98.3 cm³/mol. The third-order valence-corrected chi connectivity index (χ3v) is 4.20. The molecule has 1 heterocycles. The first-order chi connectivity index (χ1) is 11.5. The number of carbonyl (C=O) groups is 1. The Morgan fingerprint density at radius 3 is 2.50 bits per heavy atom. The predicted octanol–water partition coefficient (Wildman–Crippen LogP) is 5.24. The molecule has 3 aromatic rings. The van der Waals surface area contributed by atoms with E-state index < -0.39 is 0 Å². The normalized spacial score (nSPS) is 11.1. The van der Waals surface area contributed by atoms with Crippen molar-refractivity contribution in [1.82, 2.24) is 10.2 Å². The van der Waals surface area contributed by atoms with Gasteiger partial charge in [0.2, 0.25) is 0 Å². The van der Waals surface area contributed by atoms with Gasteiger partial charge in [-0.1, -0.05) is 35.9 Å². The summed E-state index contributed by atoms with van der Waals surface area (Å²) in [7, 11) is 0. The Labute approximate surface area is 146 Å². The molecule has 0 saturated heterocycles. The van der Waals surface area contributed by atoms with E-state index in [0.717, 1.165) is 22.5 Å². The lowest BCUT2D eigenvalue weighted by Crippen LogP contribution is -1.95. The fraction of sp³-hybridized carbons (Fsp3) is 0.100. The third-order valence-electron chi connectivity index (χ3n) is 3.94. The zero-order valence-corrected chi connectivity index (χ0v) is 14.3. The highest BCUT2D eigenvalue weighted by Crippen LogP contribution is 2.20. The van der Waals surface area contributed by atoms with Gasteiger partial charge in [0.05, 0.1) is 11.4 Å². The molecule has 0 atom stereocenters. The fourth-order valence-electron chi connectivity index (χ4n) is 2.35. The van der Waals surface area contributed by atoms with Crippen molar-refractivity contribution in [2.24, 2.45) is 0 Å². The second-order valence-corrected chi connectivity index (χ2v) is 6.15. The number of H-pyrrole nitrogens is 1. The zero-order valence-electron chi connectivity index (χ0n) is 13.5. The zero-order chi connectivity index (χ0) is 17.1. The van der Waals surface area contributed by atoms with Gasteiger partial charge in [-0.05, 0) is 61.4 Å². The van der Waals surface area contributed by atoms with Crippen LogP contribution in [-0.4, -0.2) is 16.0 Å². The number of aromatic nitrogens is 2. The van der Waals surface area contributed by atoms with Crippen LogP contribution >= 0.6 is 11.6 Å². The minimum absolute atomic E-state index is 0.0271. The van der Waals surface area contributed by atoms with Crippen molar-refractivity contribution in [1.29, 1.82) is 0 Å². The highest BCUT2D eigenvalue weighted by atomic mass is 35.5. The SMILES string of the molecule is Cc1ccc(C(=O)/C=C/c2cc(-c3ccc(Cl)cc3)n[nH]2)cc1C. The second-order valence-electron chi connectivity index (χ2n) is 5.71. The van der Waals surface area contributed by atoms with E-state index >= 15 is 0 Å². The molecule has 0 aliphatic heterocycles. The average Bonchev–Trinajstić information content (AvgIpc) is 3.05. The molecule has 3 rings (SSSR count). The molecule has 0 radical (unpaired) electrons. The summed E-state index contributed by atoms with van der Waals surface area (Å²) in [6.45, 7) is 4.03.